The summed E-state index contributed by atoms with van der Waals surface area (Å²) in [6.45, 7) is 0.0725. The van der Waals surface area contributed by atoms with E-state index in [9.17, 15) is 10.2 Å². The Labute approximate surface area is 99.2 Å². The predicted octanol–water partition coefficient (Wildman–Crippen LogP) is 1.55. The second-order valence-corrected chi connectivity index (χ2v) is 3.81. The number of fused-ring (bicyclic) bond motifs is 1. The van der Waals surface area contributed by atoms with Crippen LogP contribution >= 0.6 is 0 Å². The average molecular weight is 233 g/mol. The Hall–Kier alpha value is -1.78. The maximum atomic E-state index is 10.1. The number of phenolic OH excluding ortho intramolecular Hbond substituents is 1. The maximum Gasteiger partial charge on any atom is 0.129 e. The summed E-state index contributed by atoms with van der Waals surface area (Å²) < 4.78 is 5.21. The van der Waals surface area contributed by atoms with Crippen molar-refractivity contribution in [3.05, 3.63) is 35.9 Å². The number of aromatic hydroxyl groups is 1. The molecular weight excluding hydrogens is 218 g/mol. The first-order valence-electron chi connectivity index (χ1n) is 5.35. The van der Waals surface area contributed by atoms with Crippen molar-refractivity contribution < 1.29 is 14.9 Å². The zero-order chi connectivity index (χ0) is 12.4. The minimum atomic E-state index is -0.856. The van der Waals surface area contributed by atoms with Gasteiger partial charge in [0, 0.05) is 22.9 Å². The molecule has 0 aromatic heterocycles. The topological polar surface area (TPSA) is 75.7 Å². The number of rotatable bonds is 3. The maximum absolute atomic E-state index is 10.1. The highest BCUT2D eigenvalue weighted by molar-refractivity contribution is 5.94. The standard InChI is InChI=1S/C13H15NO3/c1-17-12-4-2-3-9-8(12)5-6-10(13(9)16)11(15)7-14/h2-6,11,15-16H,7,14H2,1H3. The van der Waals surface area contributed by atoms with Gasteiger partial charge in [-0.05, 0) is 6.07 Å². The summed E-state index contributed by atoms with van der Waals surface area (Å²) in [6, 6.07) is 8.86. The molecule has 0 aliphatic carbocycles. The van der Waals surface area contributed by atoms with Gasteiger partial charge in [-0.1, -0.05) is 24.3 Å². The fourth-order valence-electron chi connectivity index (χ4n) is 1.90. The van der Waals surface area contributed by atoms with Crippen molar-refractivity contribution in [3.63, 3.8) is 0 Å². The molecule has 17 heavy (non-hydrogen) atoms. The van der Waals surface area contributed by atoms with Crippen LogP contribution < -0.4 is 10.5 Å². The van der Waals surface area contributed by atoms with Crippen LogP contribution in [0.4, 0.5) is 0 Å². The van der Waals surface area contributed by atoms with E-state index in [2.05, 4.69) is 0 Å². The Kier molecular flexibility index (Phi) is 3.17. The third-order valence-corrected chi connectivity index (χ3v) is 2.83. The molecule has 0 amide bonds. The second-order valence-electron chi connectivity index (χ2n) is 3.81. The van der Waals surface area contributed by atoms with E-state index in [0.717, 1.165) is 5.39 Å². The van der Waals surface area contributed by atoms with E-state index >= 15 is 0 Å². The highest BCUT2D eigenvalue weighted by atomic mass is 16.5. The quantitative estimate of drug-likeness (QED) is 0.751. The van der Waals surface area contributed by atoms with Crippen molar-refractivity contribution in [2.24, 2.45) is 5.73 Å². The first kappa shape index (κ1) is 11.7. The smallest absolute Gasteiger partial charge is 0.129 e. The molecule has 4 heteroatoms. The van der Waals surface area contributed by atoms with Gasteiger partial charge >= 0.3 is 0 Å². The highest BCUT2D eigenvalue weighted by Crippen LogP contribution is 2.36. The lowest BCUT2D eigenvalue weighted by Crippen LogP contribution is -2.11. The number of hydrogen-bond donors (Lipinski definition) is 3. The van der Waals surface area contributed by atoms with E-state index < -0.39 is 6.10 Å². The predicted molar refractivity (Wildman–Crippen MR) is 66.2 cm³/mol. The van der Waals surface area contributed by atoms with Crippen LogP contribution in [0.15, 0.2) is 30.3 Å². The number of phenols is 1. The molecule has 0 saturated heterocycles. The van der Waals surface area contributed by atoms with E-state index in [4.69, 9.17) is 10.5 Å². The van der Waals surface area contributed by atoms with Gasteiger partial charge in [-0.15, -0.1) is 0 Å². The van der Waals surface area contributed by atoms with Crippen molar-refractivity contribution in [2.75, 3.05) is 13.7 Å². The molecule has 0 aliphatic rings. The highest BCUT2D eigenvalue weighted by Gasteiger charge is 2.14. The van der Waals surface area contributed by atoms with Gasteiger partial charge in [-0.2, -0.15) is 0 Å². The monoisotopic (exact) mass is 233 g/mol. The number of benzene rings is 2. The second kappa shape index (κ2) is 4.61. The van der Waals surface area contributed by atoms with Crippen LogP contribution in [0.3, 0.4) is 0 Å². The molecule has 0 heterocycles. The molecule has 2 rings (SSSR count). The summed E-state index contributed by atoms with van der Waals surface area (Å²) in [7, 11) is 1.58. The third kappa shape index (κ3) is 1.92. The number of nitrogens with two attached hydrogens (primary N) is 1. The fourth-order valence-corrected chi connectivity index (χ4v) is 1.90. The normalized spacial score (nSPS) is 12.6. The molecule has 0 spiro atoms. The van der Waals surface area contributed by atoms with Crippen molar-refractivity contribution in [1.82, 2.24) is 0 Å². The summed E-state index contributed by atoms with van der Waals surface area (Å²) >= 11 is 0. The fraction of sp³-hybridized carbons (Fsp3) is 0.231. The van der Waals surface area contributed by atoms with Crippen molar-refractivity contribution in [3.8, 4) is 11.5 Å². The number of methoxy groups -OCH3 is 1. The Morgan fingerprint density at radius 3 is 2.65 bits per heavy atom. The number of aliphatic hydroxyl groups is 1. The lowest BCUT2D eigenvalue weighted by atomic mass is 10.0. The summed E-state index contributed by atoms with van der Waals surface area (Å²) in [6.07, 6.45) is -0.856. The SMILES string of the molecule is COc1cccc2c(O)c(C(O)CN)ccc12. The zero-order valence-corrected chi connectivity index (χ0v) is 9.55. The van der Waals surface area contributed by atoms with Crippen LogP contribution in [0, 0.1) is 0 Å². The zero-order valence-electron chi connectivity index (χ0n) is 9.55. The third-order valence-electron chi connectivity index (χ3n) is 2.83. The molecule has 0 aliphatic heterocycles. The Morgan fingerprint density at radius 1 is 1.24 bits per heavy atom. The van der Waals surface area contributed by atoms with E-state index in [1.54, 1.807) is 25.3 Å². The van der Waals surface area contributed by atoms with Gasteiger partial charge in [0.2, 0.25) is 0 Å². The van der Waals surface area contributed by atoms with Crippen LogP contribution in [-0.4, -0.2) is 23.9 Å². The van der Waals surface area contributed by atoms with Gasteiger partial charge < -0.3 is 20.7 Å². The molecule has 0 bridgehead atoms. The molecular formula is C13H15NO3. The van der Waals surface area contributed by atoms with Crippen molar-refractivity contribution in [1.29, 1.82) is 0 Å². The van der Waals surface area contributed by atoms with Crippen LogP contribution in [0.5, 0.6) is 11.5 Å². The first-order chi connectivity index (χ1) is 8.19. The molecule has 0 radical (unpaired) electrons. The molecule has 2 aromatic rings. The summed E-state index contributed by atoms with van der Waals surface area (Å²) in [5, 5.41) is 21.2. The molecule has 1 unspecified atom stereocenters. The van der Waals surface area contributed by atoms with Gasteiger partial charge in [0.15, 0.2) is 0 Å². The van der Waals surface area contributed by atoms with E-state index in [1.165, 1.54) is 0 Å². The molecule has 4 nitrogen and oxygen atoms in total. The number of hydrogen-bond acceptors (Lipinski definition) is 4. The lowest BCUT2D eigenvalue weighted by Gasteiger charge is -2.13. The van der Waals surface area contributed by atoms with Gasteiger partial charge in [-0.25, -0.2) is 0 Å². The van der Waals surface area contributed by atoms with E-state index in [-0.39, 0.29) is 12.3 Å². The number of aliphatic hydroxyl groups excluding tert-OH is 1. The average Bonchev–Trinajstić information content (AvgIpc) is 2.38. The van der Waals surface area contributed by atoms with Crippen LogP contribution in [0.25, 0.3) is 10.8 Å². The van der Waals surface area contributed by atoms with Crippen molar-refractivity contribution >= 4 is 10.8 Å². The Morgan fingerprint density at radius 2 is 2.00 bits per heavy atom. The summed E-state index contributed by atoms with van der Waals surface area (Å²) in [5.74, 6) is 0.742. The lowest BCUT2D eigenvalue weighted by molar-refractivity contribution is 0.183. The van der Waals surface area contributed by atoms with Gasteiger partial charge in [0.1, 0.15) is 11.5 Å². The molecule has 2 aromatic carbocycles. The largest absolute Gasteiger partial charge is 0.507 e. The first-order valence-corrected chi connectivity index (χ1v) is 5.35. The Balaban J connectivity index is 2.68. The van der Waals surface area contributed by atoms with E-state index in [0.29, 0.717) is 16.7 Å². The van der Waals surface area contributed by atoms with Crippen LogP contribution in [0.2, 0.25) is 0 Å². The minimum Gasteiger partial charge on any atom is -0.507 e. The van der Waals surface area contributed by atoms with Crippen molar-refractivity contribution in [2.45, 2.75) is 6.10 Å². The summed E-state index contributed by atoms with van der Waals surface area (Å²) in [5.41, 5.74) is 5.83. The molecule has 1 atom stereocenters. The molecule has 0 fully saturated rings. The van der Waals surface area contributed by atoms with Crippen LogP contribution in [-0.2, 0) is 0 Å². The van der Waals surface area contributed by atoms with Gasteiger partial charge in [-0.3, -0.25) is 0 Å². The van der Waals surface area contributed by atoms with Crippen LogP contribution in [0.1, 0.15) is 11.7 Å². The van der Waals surface area contributed by atoms with E-state index in [1.807, 2.05) is 12.1 Å². The number of ether oxygens (including phenoxy) is 1. The molecule has 0 saturated carbocycles. The molecule has 90 valence electrons. The Bertz CT molecular complexity index is 539. The van der Waals surface area contributed by atoms with Gasteiger partial charge in [0.05, 0.1) is 13.2 Å². The summed E-state index contributed by atoms with van der Waals surface area (Å²) in [4.78, 5) is 0. The minimum absolute atomic E-state index is 0.0550. The van der Waals surface area contributed by atoms with Gasteiger partial charge in [0.25, 0.3) is 0 Å². The molecule has 4 N–H and O–H groups in total.